The first-order chi connectivity index (χ1) is 7.69. The molecule has 0 spiro atoms. The molecule has 3 N–H and O–H groups in total. The van der Waals surface area contributed by atoms with Gasteiger partial charge in [-0.1, -0.05) is 18.2 Å². The molecular weight excluding hydrogens is 200 g/mol. The zero-order valence-electron chi connectivity index (χ0n) is 9.77. The SMILES string of the molecule is CC(C)n1c(CO)cc2cccc(CN)c21. The number of fused-ring (bicyclic) bond motifs is 1. The van der Waals surface area contributed by atoms with Crippen molar-refractivity contribution in [2.45, 2.75) is 33.0 Å². The van der Waals surface area contributed by atoms with E-state index in [1.54, 1.807) is 0 Å². The molecule has 0 bridgehead atoms. The molecule has 0 aliphatic carbocycles. The van der Waals surface area contributed by atoms with E-state index in [1.165, 1.54) is 0 Å². The molecule has 86 valence electrons. The van der Waals surface area contributed by atoms with E-state index in [-0.39, 0.29) is 6.61 Å². The minimum Gasteiger partial charge on any atom is -0.390 e. The summed E-state index contributed by atoms with van der Waals surface area (Å²) < 4.78 is 2.16. The minimum atomic E-state index is 0.0663. The summed E-state index contributed by atoms with van der Waals surface area (Å²) in [7, 11) is 0. The van der Waals surface area contributed by atoms with E-state index in [9.17, 15) is 5.11 Å². The molecule has 3 nitrogen and oxygen atoms in total. The number of aliphatic hydroxyl groups is 1. The maximum Gasteiger partial charge on any atom is 0.0833 e. The Morgan fingerprint density at radius 2 is 2.12 bits per heavy atom. The topological polar surface area (TPSA) is 51.2 Å². The number of benzene rings is 1. The normalized spacial score (nSPS) is 11.6. The van der Waals surface area contributed by atoms with Crippen LogP contribution in [0.3, 0.4) is 0 Å². The number of rotatable bonds is 3. The van der Waals surface area contributed by atoms with Crippen LogP contribution < -0.4 is 5.73 Å². The van der Waals surface area contributed by atoms with Crippen molar-refractivity contribution >= 4 is 10.9 Å². The first kappa shape index (κ1) is 11.2. The van der Waals surface area contributed by atoms with E-state index in [0.29, 0.717) is 12.6 Å². The molecule has 0 aliphatic heterocycles. The van der Waals surface area contributed by atoms with E-state index in [4.69, 9.17) is 5.73 Å². The highest BCUT2D eigenvalue weighted by Gasteiger charge is 2.12. The van der Waals surface area contributed by atoms with Crippen molar-refractivity contribution in [3.05, 3.63) is 35.5 Å². The van der Waals surface area contributed by atoms with Gasteiger partial charge in [0.15, 0.2) is 0 Å². The van der Waals surface area contributed by atoms with E-state index < -0.39 is 0 Å². The lowest BCUT2D eigenvalue weighted by Crippen LogP contribution is -2.08. The molecule has 3 heteroatoms. The highest BCUT2D eigenvalue weighted by atomic mass is 16.3. The van der Waals surface area contributed by atoms with Crippen LogP contribution >= 0.6 is 0 Å². The lowest BCUT2D eigenvalue weighted by atomic mass is 10.1. The molecule has 0 unspecified atom stereocenters. The summed E-state index contributed by atoms with van der Waals surface area (Å²) in [5.41, 5.74) is 9.00. The number of nitrogens with zero attached hydrogens (tertiary/aromatic N) is 1. The molecule has 2 rings (SSSR count). The standard InChI is InChI=1S/C13H18N2O/c1-9(2)15-12(8-16)6-10-4-3-5-11(7-14)13(10)15/h3-6,9,16H,7-8,14H2,1-2H3. The first-order valence-corrected chi connectivity index (χ1v) is 5.61. The quantitative estimate of drug-likeness (QED) is 0.829. The second-order valence-electron chi connectivity index (χ2n) is 4.32. The molecule has 1 heterocycles. The Hall–Kier alpha value is -1.32. The van der Waals surface area contributed by atoms with Crippen molar-refractivity contribution in [2.75, 3.05) is 0 Å². The summed E-state index contributed by atoms with van der Waals surface area (Å²) in [4.78, 5) is 0. The highest BCUT2D eigenvalue weighted by molar-refractivity contribution is 5.84. The second-order valence-corrected chi connectivity index (χ2v) is 4.32. The van der Waals surface area contributed by atoms with Gasteiger partial charge in [-0.2, -0.15) is 0 Å². The van der Waals surface area contributed by atoms with Crippen LogP contribution in [0.15, 0.2) is 24.3 Å². The minimum absolute atomic E-state index is 0.0663. The van der Waals surface area contributed by atoms with Gasteiger partial charge in [0.25, 0.3) is 0 Å². The Morgan fingerprint density at radius 3 is 2.69 bits per heavy atom. The van der Waals surface area contributed by atoms with Gasteiger partial charge in [0.05, 0.1) is 12.1 Å². The van der Waals surface area contributed by atoms with Crippen LogP contribution in [0.4, 0.5) is 0 Å². The second kappa shape index (κ2) is 4.28. The first-order valence-electron chi connectivity index (χ1n) is 5.61. The third kappa shape index (κ3) is 1.62. The van der Waals surface area contributed by atoms with E-state index in [1.807, 2.05) is 18.2 Å². The number of aliphatic hydroxyl groups excluding tert-OH is 1. The Balaban J connectivity index is 2.80. The number of aromatic nitrogens is 1. The zero-order valence-corrected chi connectivity index (χ0v) is 9.77. The fourth-order valence-electron chi connectivity index (χ4n) is 2.29. The summed E-state index contributed by atoms with van der Waals surface area (Å²) in [6.45, 7) is 4.83. The lowest BCUT2D eigenvalue weighted by molar-refractivity contribution is 0.269. The van der Waals surface area contributed by atoms with Gasteiger partial charge in [0, 0.05) is 23.7 Å². The van der Waals surface area contributed by atoms with Crippen molar-refractivity contribution in [2.24, 2.45) is 5.73 Å². The summed E-state index contributed by atoms with van der Waals surface area (Å²) in [5.74, 6) is 0. The number of nitrogens with two attached hydrogens (primary N) is 1. The third-order valence-corrected chi connectivity index (χ3v) is 2.92. The third-order valence-electron chi connectivity index (χ3n) is 2.92. The molecule has 0 saturated carbocycles. The van der Waals surface area contributed by atoms with Gasteiger partial charge in [-0.25, -0.2) is 0 Å². The number of hydrogen-bond donors (Lipinski definition) is 2. The largest absolute Gasteiger partial charge is 0.390 e. The molecule has 16 heavy (non-hydrogen) atoms. The van der Waals surface area contributed by atoms with Gasteiger partial charge in [-0.15, -0.1) is 0 Å². The summed E-state index contributed by atoms with van der Waals surface area (Å²) >= 11 is 0. The van der Waals surface area contributed by atoms with Crippen LogP contribution in [0.1, 0.15) is 31.1 Å². The lowest BCUT2D eigenvalue weighted by Gasteiger charge is -2.15. The van der Waals surface area contributed by atoms with Crippen molar-refractivity contribution in [3.8, 4) is 0 Å². The Morgan fingerprint density at radius 1 is 1.38 bits per heavy atom. The van der Waals surface area contributed by atoms with Crippen molar-refractivity contribution in [3.63, 3.8) is 0 Å². The molecule has 0 aliphatic rings. The predicted octanol–water partition coefficient (Wildman–Crippen LogP) is 2.17. The van der Waals surface area contributed by atoms with Crippen LogP contribution in [0.2, 0.25) is 0 Å². The van der Waals surface area contributed by atoms with Crippen LogP contribution in [0.5, 0.6) is 0 Å². The monoisotopic (exact) mass is 218 g/mol. The fraction of sp³-hybridized carbons (Fsp3) is 0.385. The van der Waals surface area contributed by atoms with Crippen molar-refractivity contribution in [1.29, 1.82) is 0 Å². The van der Waals surface area contributed by atoms with Crippen molar-refractivity contribution < 1.29 is 5.11 Å². The van der Waals surface area contributed by atoms with E-state index in [0.717, 1.165) is 22.2 Å². The molecule has 0 atom stereocenters. The number of para-hydroxylation sites is 1. The Kier molecular flexibility index (Phi) is 2.99. The van der Waals surface area contributed by atoms with Crippen LogP contribution in [0.25, 0.3) is 10.9 Å². The number of hydrogen-bond acceptors (Lipinski definition) is 2. The van der Waals surface area contributed by atoms with Crippen LogP contribution in [-0.4, -0.2) is 9.67 Å². The fourth-order valence-corrected chi connectivity index (χ4v) is 2.29. The molecule has 1 aromatic carbocycles. The van der Waals surface area contributed by atoms with Crippen LogP contribution in [-0.2, 0) is 13.2 Å². The zero-order chi connectivity index (χ0) is 11.7. The highest BCUT2D eigenvalue weighted by Crippen LogP contribution is 2.27. The predicted molar refractivity (Wildman–Crippen MR) is 66.1 cm³/mol. The van der Waals surface area contributed by atoms with Gasteiger partial charge in [-0.05, 0) is 25.5 Å². The molecular formula is C13H18N2O. The summed E-state index contributed by atoms with van der Waals surface area (Å²) in [6, 6.07) is 8.48. The van der Waals surface area contributed by atoms with Gasteiger partial charge in [0.2, 0.25) is 0 Å². The van der Waals surface area contributed by atoms with Gasteiger partial charge < -0.3 is 15.4 Å². The van der Waals surface area contributed by atoms with Crippen molar-refractivity contribution in [1.82, 2.24) is 4.57 Å². The van der Waals surface area contributed by atoms with Gasteiger partial charge in [0.1, 0.15) is 0 Å². The maximum atomic E-state index is 9.38. The average molecular weight is 218 g/mol. The Labute approximate surface area is 95.5 Å². The summed E-state index contributed by atoms with van der Waals surface area (Å²) in [5, 5.41) is 10.5. The molecule has 0 saturated heterocycles. The molecule has 0 fully saturated rings. The average Bonchev–Trinajstić information content (AvgIpc) is 2.66. The molecule has 0 amide bonds. The molecule has 2 aromatic rings. The maximum absolute atomic E-state index is 9.38. The summed E-state index contributed by atoms with van der Waals surface area (Å²) in [6.07, 6.45) is 0. The smallest absolute Gasteiger partial charge is 0.0833 e. The van der Waals surface area contributed by atoms with Gasteiger partial charge >= 0.3 is 0 Å². The van der Waals surface area contributed by atoms with E-state index in [2.05, 4.69) is 24.5 Å². The van der Waals surface area contributed by atoms with Crippen LogP contribution in [0, 0.1) is 0 Å². The molecule has 1 aromatic heterocycles. The molecule has 0 radical (unpaired) electrons. The van der Waals surface area contributed by atoms with E-state index >= 15 is 0 Å². The Bertz CT molecular complexity index is 500. The van der Waals surface area contributed by atoms with Gasteiger partial charge in [-0.3, -0.25) is 0 Å².